The summed E-state index contributed by atoms with van der Waals surface area (Å²) in [6.45, 7) is 10.5. The standard InChI is InChI=1S/C18H28N2/c1-7-8-18(20-15(5)13(2)3)17(12-19-6)14(4)11-16-9-10-16/h7-8,12,16H,9-11H2,1-6H3/b8-7-,17-14+,19-12?,20-18?. The third-order valence-corrected chi connectivity index (χ3v) is 3.62. The van der Waals surface area contributed by atoms with Gasteiger partial charge in [-0.1, -0.05) is 17.2 Å². The van der Waals surface area contributed by atoms with E-state index in [0.717, 1.165) is 17.3 Å². The van der Waals surface area contributed by atoms with Gasteiger partial charge in [0.25, 0.3) is 0 Å². The summed E-state index contributed by atoms with van der Waals surface area (Å²) < 4.78 is 0. The molecule has 0 amide bonds. The van der Waals surface area contributed by atoms with Crippen molar-refractivity contribution in [3.63, 3.8) is 0 Å². The molecule has 0 spiro atoms. The largest absolute Gasteiger partial charge is 0.296 e. The number of aliphatic imine (C=N–C) groups is 2. The first kappa shape index (κ1) is 16.6. The lowest BCUT2D eigenvalue weighted by molar-refractivity contribution is 0.819. The Morgan fingerprint density at radius 2 is 1.80 bits per heavy atom. The second kappa shape index (κ2) is 7.98. The molecular weight excluding hydrogens is 244 g/mol. The van der Waals surface area contributed by atoms with Crippen LogP contribution < -0.4 is 0 Å². The molecule has 1 fully saturated rings. The highest BCUT2D eigenvalue weighted by atomic mass is 14.8. The molecule has 0 aromatic carbocycles. The molecule has 1 rings (SSSR count). The highest BCUT2D eigenvalue weighted by Crippen LogP contribution is 2.35. The van der Waals surface area contributed by atoms with Crippen molar-refractivity contribution in [2.45, 2.75) is 53.9 Å². The van der Waals surface area contributed by atoms with E-state index in [4.69, 9.17) is 4.99 Å². The van der Waals surface area contributed by atoms with Crippen LogP contribution >= 0.6 is 0 Å². The monoisotopic (exact) mass is 272 g/mol. The van der Waals surface area contributed by atoms with Crippen LogP contribution in [0.25, 0.3) is 0 Å². The zero-order valence-electron chi connectivity index (χ0n) is 13.8. The normalized spacial score (nSPS) is 17.8. The fourth-order valence-corrected chi connectivity index (χ4v) is 2.03. The van der Waals surface area contributed by atoms with Crippen molar-refractivity contribution in [3.05, 3.63) is 34.6 Å². The van der Waals surface area contributed by atoms with Crippen LogP contribution in [0.2, 0.25) is 0 Å². The molecule has 0 aromatic heterocycles. The summed E-state index contributed by atoms with van der Waals surface area (Å²) in [4.78, 5) is 9.02. The van der Waals surface area contributed by atoms with Gasteiger partial charge in [0.2, 0.25) is 0 Å². The van der Waals surface area contributed by atoms with Gasteiger partial charge in [0.1, 0.15) is 0 Å². The van der Waals surface area contributed by atoms with Crippen molar-refractivity contribution < 1.29 is 0 Å². The Kier molecular flexibility index (Phi) is 6.63. The van der Waals surface area contributed by atoms with Gasteiger partial charge in [0, 0.05) is 24.5 Å². The Balaban J connectivity index is 3.21. The molecule has 0 aliphatic heterocycles. The molecule has 0 N–H and O–H groups in total. The smallest absolute Gasteiger partial charge is 0.0716 e. The van der Waals surface area contributed by atoms with Crippen molar-refractivity contribution in [2.24, 2.45) is 15.9 Å². The first-order valence-electron chi connectivity index (χ1n) is 7.47. The predicted octanol–water partition coefficient (Wildman–Crippen LogP) is 5.13. The van der Waals surface area contributed by atoms with Gasteiger partial charge in [-0.15, -0.1) is 0 Å². The Hall–Kier alpha value is -1.44. The molecule has 0 saturated heterocycles. The van der Waals surface area contributed by atoms with Crippen molar-refractivity contribution in [1.82, 2.24) is 0 Å². The van der Waals surface area contributed by atoms with Gasteiger partial charge in [-0.2, -0.15) is 0 Å². The summed E-state index contributed by atoms with van der Waals surface area (Å²) in [5.41, 5.74) is 5.93. The fourth-order valence-electron chi connectivity index (χ4n) is 2.03. The van der Waals surface area contributed by atoms with Gasteiger partial charge >= 0.3 is 0 Å². The molecule has 1 saturated carbocycles. The van der Waals surface area contributed by atoms with Crippen LogP contribution in [0.3, 0.4) is 0 Å². The molecule has 1 aliphatic rings. The van der Waals surface area contributed by atoms with E-state index in [2.05, 4.69) is 38.8 Å². The van der Waals surface area contributed by atoms with Gasteiger partial charge < -0.3 is 0 Å². The Bertz CT molecular complexity index is 480. The number of hydrogen-bond donors (Lipinski definition) is 0. The Morgan fingerprint density at radius 3 is 2.25 bits per heavy atom. The van der Waals surface area contributed by atoms with E-state index in [1.165, 1.54) is 36.0 Å². The topological polar surface area (TPSA) is 24.7 Å². The van der Waals surface area contributed by atoms with E-state index in [-0.39, 0.29) is 0 Å². The van der Waals surface area contributed by atoms with E-state index in [1.807, 2.05) is 26.3 Å². The third kappa shape index (κ3) is 5.28. The van der Waals surface area contributed by atoms with Crippen LogP contribution in [0.5, 0.6) is 0 Å². The number of hydrogen-bond acceptors (Lipinski definition) is 2. The first-order chi connectivity index (χ1) is 9.49. The molecule has 0 radical (unpaired) electrons. The summed E-state index contributed by atoms with van der Waals surface area (Å²) in [6.07, 6.45) is 10.00. The highest BCUT2D eigenvalue weighted by Gasteiger charge is 2.22. The minimum atomic E-state index is 0.881. The van der Waals surface area contributed by atoms with Crippen molar-refractivity contribution >= 4 is 11.9 Å². The zero-order chi connectivity index (χ0) is 15.1. The summed E-state index contributed by atoms with van der Waals surface area (Å²) in [7, 11) is 1.82. The van der Waals surface area contributed by atoms with Gasteiger partial charge in [-0.05, 0) is 65.9 Å². The molecule has 1 aliphatic carbocycles. The maximum absolute atomic E-state index is 4.79. The average molecular weight is 272 g/mol. The van der Waals surface area contributed by atoms with Crippen LogP contribution in [-0.4, -0.2) is 19.0 Å². The predicted molar refractivity (Wildman–Crippen MR) is 90.8 cm³/mol. The Labute approximate surface area is 124 Å². The lowest BCUT2D eigenvalue weighted by atomic mass is 10.00. The van der Waals surface area contributed by atoms with Gasteiger partial charge in [-0.25, -0.2) is 0 Å². The lowest BCUT2D eigenvalue weighted by Gasteiger charge is -2.09. The summed E-state index contributed by atoms with van der Waals surface area (Å²) in [5, 5.41) is 0. The second-order valence-corrected chi connectivity index (χ2v) is 5.81. The number of rotatable bonds is 6. The fraction of sp³-hybridized carbons (Fsp3) is 0.556. The summed E-state index contributed by atoms with van der Waals surface area (Å²) in [6, 6.07) is 0. The van der Waals surface area contributed by atoms with E-state index >= 15 is 0 Å². The van der Waals surface area contributed by atoms with Gasteiger partial charge in [-0.3, -0.25) is 9.98 Å². The second-order valence-electron chi connectivity index (χ2n) is 5.81. The average Bonchev–Trinajstić information content (AvgIpc) is 3.19. The first-order valence-corrected chi connectivity index (χ1v) is 7.47. The molecule has 0 bridgehead atoms. The van der Waals surface area contributed by atoms with Gasteiger partial charge in [0.15, 0.2) is 0 Å². The molecule has 2 heteroatoms. The van der Waals surface area contributed by atoms with Crippen molar-refractivity contribution in [1.29, 1.82) is 0 Å². The maximum Gasteiger partial charge on any atom is 0.0716 e. The quantitative estimate of drug-likeness (QED) is 0.598. The summed E-state index contributed by atoms with van der Waals surface area (Å²) >= 11 is 0. The molecule has 0 atom stereocenters. The molecule has 2 nitrogen and oxygen atoms in total. The molecule has 0 heterocycles. The van der Waals surface area contributed by atoms with Crippen molar-refractivity contribution in [3.8, 4) is 0 Å². The van der Waals surface area contributed by atoms with Crippen LogP contribution in [0.15, 0.2) is 44.6 Å². The lowest BCUT2D eigenvalue weighted by Crippen LogP contribution is -2.05. The van der Waals surface area contributed by atoms with Crippen LogP contribution in [-0.2, 0) is 0 Å². The molecular formula is C18H28N2. The number of allylic oxidation sites excluding steroid dienone is 6. The number of nitrogens with zero attached hydrogens (tertiary/aromatic N) is 2. The molecule has 110 valence electrons. The molecule has 0 aromatic rings. The maximum atomic E-state index is 4.79. The molecule has 0 unspecified atom stereocenters. The minimum Gasteiger partial charge on any atom is -0.296 e. The minimum absolute atomic E-state index is 0.881. The van der Waals surface area contributed by atoms with E-state index in [9.17, 15) is 0 Å². The van der Waals surface area contributed by atoms with Crippen molar-refractivity contribution in [2.75, 3.05) is 7.05 Å². The third-order valence-electron chi connectivity index (χ3n) is 3.62. The van der Waals surface area contributed by atoms with E-state index in [0.29, 0.717) is 0 Å². The van der Waals surface area contributed by atoms with E-state index < -0.39 is 0 Å². The Morgan fingerprint density at radius 1 is 1.15 bits per heavy atom. The van der Waals surface area contributed by atoms with Crippen LogP contribution in [0.1, 0.15) is 53.9 Å². The zero-order valence-corrected chi connectivity index (χ0v) is 13.8. The summed E-state index contributed by atoms with van der Waals surface area (Å²) in [5.74, 6) is 0.881. The van der Waals surface area contributed by atoms with E-state index in [1.54, 1.807) is 0 Å². The van der Waals surface area contributed by atoms with Crippen LogP contribution in [0, 0.1) is 5.92 Å². The van der Waals surface area contributed by atoms with Gasteiger partial charge in [0.05, 0.1) is 5.71 Å². The SMILES string of the molecule is C/C=C\C(=NC(C)=C(C)C)/C(C=NC)=C(\C)CC1CC1. The van der Waals surface area contributed by atoms with Crippen LogP contribution in [0.4, 0.5) is 0 Å². The molecule has 20 heavy (non-hydrogen) atoms. The highest BCUT2D eigenvalue weighted by molar-refractivity contribution is 6.22.